The highest BCUT2D eigenvalue weighted by Gasteiger charge is 2.42. The number of hydrogen-bond donors (Lipinski definition) is 1. The summed E-state index contributed by atoms with van der Waals surface area (Å²) < 4.78 is 35.6. The Balaban J connectivity index is 3.58. The lowest BCUT2D eigenvalue weighted by molar-refractivity contribution is -0.180. The van der Waals surface area contributed by atoms with Crippen LogP contribution in [0.2, 0.25) is 0 Å². The molecule has 0 aliphatic rings. The summed E-state index contributed by atoms with van der Waals surface area (Å²) in [6.45, 7) is 2.08. The maximum atomic E-state index is 11.9. The number of alkyl halides is 3. The molecule has 2 nitrogen and oxygen atoms in total. The van der Waals surface area contributed by atoms with E-state index in [2.05, 4.69) is 6.92 Å². The number of aliphatic hydroxyl groups excluding tert-OH is 1. The van der Waals surface area contributed by atoms with Crippen LogP contribution in [0.1, 0.15) is 51.9 Å². The number of carbonyl (C=O) groups is 1. The molecule has 0 aromatic rings. The number of halogens is 3. The summed E-state index contributed by atoms with van der Waals surface area (Å²) in [6.07, 6.45) is -1.44. The second-order valence-corrected chi connectivity index (χ2v) is 3.93. The van der Waals surface area contributed by atoms with Gasteiger partial charge in [-0.05, 0) is 6.42 Å². The molecule has 0 saturated heterocycles. The first kappa shape index (κ1) is 15.4. The molecule has 0 aliphatic carbocycles. The van der Waals surface area contributed by atoms with Crippen molar-refractivity contribution >= 4 is 5.78 Å². The number of hydrogen-bond acceptors (Lipinski definition) is 2. The van der Waals surface area contributed by atoms with E-state index < -0.39 is 18.1 Å². The van der Waals surface area contributed by atoms with Gasteiger partial charge in [-0.15, -0.1) is 0 Å². The lowest BCUT2D eigenvalue weighted by Crippen LogP contribution is -2.34. The van der Waals surface area contributed by atoms with Crippen LogP contribution in [0.4, 0.5) is 13.2 Å². The van der Waals surface area contributed by atoms with Crippen LogP contribution < -0.4 is 0 Å². The van der Waals surface area contributed by atoms with Gasteiger partial charge >= 0.3 is 6.18 Å². The number of carbonyl (C=O) groups excluding carboxylic acids is 1. The first-order chi connectivity index (χ1) is 7.39. The lowest BCUT2D eigenvalue weighted by Gasteiger charge is -2.11. The van der Waals surface area contributed by atoms with Gasteiger partial charge in [-0.3, -0.25) is 4.79 Å². The van der Waals surface area contributed by atoms with Crippen LogP contribution in [0.25, 0.3) is 0 Å². The summed E-state index contributed by atoms with van der Waals surface area (Å²) in [5.41, 5.74) is 0. The van der Waals surface area contributed by atoms with Crippen LogP contribution in [0.5, 0.6) is 0 Å². The van der Waals surface area contributed by atoms with Gasteiger partial charge in [-0.1, -0.05) is 45.4 Å². The van der Waals surface area contributed by atoms with Crippen molar-refractivity contribution in [3.63, 3.8) is 0 Å². The molecule has 0 heterocycles. The van der Waals surface area contributed by atoms with Crippen molar-refractivity contribution in [1.82, 2.24) is 0 Å². The average molecular weight is 240 g/mol. The Morgan fingerprint density at radius 3 is 2.12 bits per heavy atom. The molecular formula is C11H19F3O2. The molecule has 16 heavy (non-hydrogen) atoms. The Hall–Kier alpha value is -0.580. The predicted molar refractivity (Wildman–Crippen MR) is 55.1 cm³/mol. The number of aliphatic hydroxyl groups is 1. The fourth-order valence-electron chi connectivity index (χ4n) is 1.44. The van der Waals surface area contributed by atoms with E-state index in [9.17, 15) is 18.0 Å². The highest BCUT2D eigenvalue weighted by molar-refractivity contribution is 5.87. The molecule has 0 aromatic heterocycles. The van der Waals surface area contributed by atoms with Gasteiger partial charge < -0.3 is 5.11 Å². The van der Waals surface area contributed by atoms with Crippen molar-refractivity contribution in [2.45, 2.75) is 64.1 Å². The predicted octanol–water partition coefficient (Wildman–Crippen LogP) is 3.23. The number of ketones is 1. The lowest BCUT2D eigenvalue weighted by atomic mass is 10.0. The van der Waals surface area contributed by atoms with Gasteiger partial charge in [-0.25, -0.2) is 0 Å². The monoisotopic (exact) mass is 240 g/mol. The molecule has 5 heteroatoms. The third kappa shape index (κ3) is 6.82. The Morgan fingerprint density at radius 1 is 1.12 bits per heavy atom. The van der Waals surface area contributed by atoms with Gasteiger partial charge in [0.25, 0.3) is 5.78 Å². The van der Waals surface area contributed by atoms with E-state index in [4.69, 9.17) is 5.11 Å². The van der Waals surface area contributed by atoms with Gasteiger partial charge in [-0.2, -0.15) is 13.2 Å². The van der Waals surface area contributed by atoms with Crippen LogP contribution in [-0.2, 0) is 4.79 Å². The molecule has 0 unspecified atom stereocenters. The van der Waals surface area contributed by atoms with Gasteiger partial charge in [0.2, 0.25) is 0 Å². The minimum absolute atomic E-state index is 0.0928. The zero-order valence-electron chi connectivity index (χ0n) is 9.52. The Morgan fingerprint density at radius 2 is 1.62 bits per heavy atom. The molecular weight excluding hydrogens is 221 g/mol. The Bertz CT molecular complexity index is 202. The smallest absolute Gasteiger partial charge is 0.385 e. The van der Waals surface area contributed by atoms with Crippen molar-refractivity contribution in [2.75, 3.05) is 0 Å². The molecule has 0 saturated carbocycles. The molecule has 1 atom stereocenters. The van der Waals surface area contributed by atoms with Crippen molar-refractivity contribution < 1.29 is 23.1 Å². The quantitative estimate of drug-likeness (QED) is 0.661. The third-order valence-electron chi connectivity index (χ3n) is 2.41. The highest BCUT2D eigenvalue weighted by atomic mass is 19.4. The average Bonchev–Trinajstić information content (AvgIpc) is 2.20. The fraction of sp³-hybridized carbons (Fsp3) is 0.909. The van der Waals surface area contributed by atoms with Crippen LogP contribution in [0.3, 0.4) is 0 Å². The van der Waals surface area contributed by atoms with E-state index in [0.29, 0.717) is 6.42 Å². The number of unbranched alkanes of at least 4 members (excludes halogenated alkanes) is 5. The van der Waals surface area contributed by atoms with Gasteiger partial charge in [0, 0.05) is 0 Å². The molecule has 0 fully saturated rings. The molecule has 0 aliphatic heterocycles. The highest BCUT2D eigenvalue weighted by Crippen LogP contribution is 2.20. The third-order valence-corrected chi connectivity index (χ3v) is 2.41. The van der Waals surface area contributed by atoms with E-state index in [1.54, 1.807) is 0 Å². The number of Topliss-reactive ketones (excluding diaryl/α,β-unsaturated/α-hetero) is 1. The largest absolute Gasteiger partial charge is 0.452 e. The minimum atomic E-state index is -4.92. The molecule has 0 spiro atoms. The topological polar surface area (TPSA) is 37.3 Å². The van der Waals surface area contributed by atoms with Crippen LogP contribution >= 0.6 is 0 Å². The second kappa shape index (κ2) is 7.65. The Labute approximate surface area is 93.8 Å². The second-order valence-electron chi connectivity index (χ2n) is 3.93. The molecule has 0 bridgehead atoms. The zero-order valence-corrected chi connectivity index (χ0v) is 9.52. The number of rotatable bonds is 8. The summed E-state index contributed by atoms with van der Waals surface area (Å²) in [7, 11) is 0. The zero-order chi connectivity index (χ0) is 12.6. The van der Waals surface area contributed by atoms with Gasteiger partial charge in [0.15, 0.2) is 0 Å². The molecule has 96 valence electrons. The SMILES string of the molecule is CCCCCCCC[C@@H](O)C(=O)C(F)(F)F. The van der Waals surface area contributed by atoms with E-state index >= 15 is 0 Å². The van der Waals surface area contributed by atoms with Crippen LogP contribution in [-0.4, -0.2) is 23.2 Å². The summed E-state index contributed by atoms with van der Waals surface area (Å²) in [5.74, 6) is -2.03. The first-order valence-electron chi connectivity index (χ1n) is 5.68. The normalized spacial score (nSPS) is 13.8. The van der Waals surface area contributed by atoms with Crippen molar-refractivity contribution in [3.8, 4) is 0 Å². The first-order valence-corrected chi connectivity index (χ1v) is 5.68. The summed E-state index contributed by atoms with van der Waals surface area (Å²) in [4.78, 5) is 10.6. The molecule has 0 rings (SSSR count). The van der Waals surface area contributed by atoms with E-state index in [1.165, 1.54) is 0 Å². The van der Waals surface area contributed by atoms with Crippen molar-refractivity contribution in [3.05, 3.63) is 0 Å². The summed E-state index contributed by atoms with van der Waals surface area (Å²) in [5, 5.41) is 8.99. The summed E-state index contributed by atoms with van der Waals surface area (Å²) >= 11 is 0. The van der Waals surface area contributed by atoms with E-state index in [1.807, 2.05) is 0 Å². The van der Waals surface area contributed by atoms with E-state index in [0.717, 1.165) is 32.1 Å². The van der Waals surface area contributed by atoms with Crippen LogP contribution in [0.15, 0.2) is 0 Å². The maximum Gasteiger partial charge on any atom is 0.452 e. The van der Waals surface area contributed by atoms with Gasteiger partial charge in [0.1, 0.15) is 6.10 Å². The van der Waals surface area contributed by atoms with Crippen molar-refractivity contribution in [1.29, 1.82) is 0 Å². The molecule has 0 aromatic carbocycles. The van der Waals surface area contributed by atoms with Crippen molar-refractivity contribution in [2.24, 2.45) is 0 Å². The van der Waals surface area contributed by atoms with Crippen LogP contribution in [0, 0.1) is 0 Å². The van der Waals surface area contributed by atoms with Gasteiger partial charge in [0.05, 0.1) is 0 Å². The van der Waals surface area contributed by atoms with E-state index in [-0.39, 0.29) is 6.42 Å². The maximum absolute atomic E-state index is 11.9. The standard InChI is InChI=1S/C11H19F3O2/c1-2-3-4-5-6-7-8-9(15)10(16)11(12,13)14/h9,15H,2-8H2,1H3/t9-/m1/s1. The summed E-state index contributed by atoms with van der Waals surface area (Å²) in [6, 6.07) is 0. The molecule has 0 radical (unpaired) electrons. The Kier molecular flexibility index (Phi) is 7.38. The fourth-order valence-corrected chi connectivity index (χ4v) is 1.44. The minimum Gasteiger partial charge on any atom is -0.385 e. The molecule has 0 amide bonds. The molecule has 1 N–H and O–H groups in total.